The van der Waals surface area contributed by atoms with Crippen LogP contribution in [0, 0.1) is 0 Å². The van der Waals surface area contributed by atoms with Crippen molar-refractivity contribution in [1.29, 1.82) is 0 Å². The van der Waals surface area contributed by atoms with E-state index in [1.165, 1.54) is 99.4 Å². The lowest BCUT2D eigenvalue weighted by Gasteiger charge is -2.32. The Morgan fingerprint density at radius 3 is 1.50 bits per heavy atom. The fraction of sp³-hybridized carbons (Fsp3) is 0.0159. The molecule has 0 amide bonds. The van der Waals surface area contributed by atoms with Crippen LogP contribution >= 0.6 is 0 Å². The van der Waals surface area contributed by atoms with Crippen LogP contribution in [0.1, 0.15) is 22.3 Å². The summed E-state index contributed by atoms with van der Waals surface area (Å²) in [4.78, 5) is 2.50. The van der Waals surface area contributed by atoms with E-state index in [1.54, 1.807) is 0 Å². The van der Waals surface area contributed by atoms with Crippen LogP contribution in [-0.2, 0) is 5.41 Å². The molecule has 0 saturated heterocycles. The van der Waals surface area contributed by atoms with Crippen molar-refractivity contribution >= 4 is 38.6 Å². The molecule has 11 aromatic rings. The molecule has 0 heterocycles. The molecule has 0 radical (unpaired) electrons. The van der Waals surface area contributed by atoms with Crippen molar-refractivity contribution in [3.63, 3.8) is 0 Å². The summed E-state index contributed by atoms with van der Waals surface area (Å²) >= 11 is 0. The van der Waals surface area contributed by atoms with E-state index >= 15 is 0 Å². The van der Waals surface area contributed by atoms with Crippen molar-refractivity contribution in [3.05, 3.63) is 271 Å². The topological polar surface area (TPSA) is 3.24 Å². The molecule has 64 heavy (non-hydrogen) atoms. The van der Waals surface area contributed by atoms with Crippen LogP contribution in [0.3, 0.4) is 0 Å². The predicted molar refractivity (Wildman–Crippen MR) is 269 cm³/mol. The van der Waals surface area contributed by atoms with Crippen LogP contribution in [-0.4, -0.2) is 0 Å². The summed E-state index contributed by atoms with van der Waals surface area (Å²) in [6.45, 7) is 0. The summed E-state index contributed by atoms with van der Waals surface area (Å²) in [7, 11) is 0. The molecule has 13 rings (SSSR count). The van der Waals surface area contributed by atoms with E-state index in [4.69, 9.17) is 0 Å². The van der Waals surface area contributed by atoms with Gasteiger partial charge in [0.15, 0.2) is 0 Å². The fourth-order valence-corrected chi connectivity index (χ4v) is 11.1. The Balaban J connectivity index is 1.09. The summed E-state index contributed by atoms with van der Waals surface area (Å²) in [6, 6.07) is 92.2. The van der Waals surface area contributed by atoms with Gasteiger partial charge in [-0.25, -0.2) is 0 Å². The number of nitrogens with zero attached hydrogens (tertiary/aromatic N) is 1. The molecular formula is C63H41N. The summed E-state index contributed by atoms with van der Waals surface area (Å²) in [6.07, 6.45) is 0. The zero-order valence-electron chi connectivity index (χ0n) is 35.1. The quantitative estimate of drug-likeness (QED) is 0.162. The predicted octanol–water partition coefficient (Wildman–Crippen LogP) is 16.8. The van der Waals surface area contributed by atoms with Gasteiger partial charge >= 0.3 is 0 Å². The molecular weight excluding hydrogens is 771 g/mol. The van der Waals surface area contributed by atoms with E-state index in [1.807, 2.05) is 0 Å². The van der Waals surface area contributed by atoms with E-state index in [0.717, 1.165) is 17.1 Å². The molecule has 1 nitrogen and oxygen atoms in total. The summed E-state index contributed by atoms with van der Waals surface area (Å²) < 4.78 is 0. The zero-order valence-corrected chi connectivity index (χ0v) is 35.1. The van der Waals surface area contributed by atoms with E-state index < -0.39 is 5.41 Å². The number of rotatable bonds is 6. The minimum Gasteiger partial charge on any atom is -0.310 e. The minimum atomic E-state index is -0.413. The van der Waals surface area contributed by atoms with E-state index in [0.29, 0.717) is 0 Å². The van der Waals surface area contributed by atoms with Gasteiger partial charge < -0.3 is 4.90 Å². The first-order valence-corrected chi connectivity index (χ1v) is 22.3. The van der Waals surface area contributed by atoms with Crippen LogP contribution in [0.25, 0.3) is 77.2 Å². The third kappa shape index (κ3) is 5.38. The van der Waals surface area contributed by atoms with Crippen molar-refractivity contribution in [2.75, 3.05) is 4.90 Å². The molecule has 0 bridgehead atoms. The number of hydrogen-bond donors (Lipinski definition) is 0. The van der Waals surface area contributed by atoms with Gasteiger partial charge in [-0.1, -0.05) is 212 Å². The Labute approximate surface area is 373 Å². The number of benzene rings is 11. The van der Waals surface area contributed by atoms with Crippen LogP contribution in [0.15, 0.2) is 249 Å². The van der Waals surface area contributed by atoms with Crippen LogP contribution < -0.4 is 4.90 Å². The van der Waals surface area contributed by atoms with Gasteiger partial charge in [-0.05, 0) is 130 Å². The monoisotopic (exact) mass is 811 g/mol. The molecule has 0 fully saturated rings. The number of fused-ring (bicyclic) bond motifs is 12. The molecule has 0 saturated carbocycles. The highest BCUT2D eigenvalue weighted by atomic mass is 15.1. The molecule has 0 aliphatic heterocycles. The van der Waals surface area contributed by atoms with Crippen molar-refractivity contribution in [2.45, 2.75) is 5.41 Å². The van der Waals surface area contributed by atoms with Gasteiger partial charge in [0, 0.05) is 16.9 Å². The van der Waals surface area contributed by atoms with Crippen molar-refractivity contribution in [2.24, 2.45) is 0 Å². The average Bonchev–Trinajstić information content (AvgIpc) is 3.84. The molecule has 0 unspecified atom stereocenters. The molecule has 0 aromatic heterocycles. The fourth-order valence-electron chi connectivity index (χ4n) is 11.1. The lowest BCUT2D eigenvalue weighted by Crippen LogP contribution is -2.25. The Bertz CT molecular complexity index is 3570. The summed E-state index contributed by atoms with van der Waals surface area (Å²) in [5.41, 5.74) is 20.6. The first-order chi connectivity index (χ1) is 31.8. The van der Waals surface area contributed by atoms with Crippen LogP contribution in [0.2, 0.25) is 0 Å². The maximum Gasteiger partial charge on any atom is 0.0725 e. The van der Waals surface area contributed by atoms with Crippen molar-refractivity contribution in [3.8, 4) is 55.6 Å². The lowest BCUT2D eigenvalue weighted by atomic mass is 9.70. The smallest absolute Gasteiger partial charge is 0.0725 e. The third-order valence-corrected chi connectivity index (χ3v) is 13.9. The van der Waals surface area contributed by atoms with Crippen molar-refractivity contribution in [1.82, 2.24) is 0 Å². The molecule has 2 aliphatic carbocycles. The molecule has 2 aliphatic rings. The first-order valence-electron chi connectivity index (χ1n) is 22.3. The second-order valence-electron chi connectivity index (χ2n) is 17.2. The Morgan fingerprint density at radius 1 is 0.266 bits per heavy atom. The van der Waals surface area contributed by atoms with Crippen LogP contribution in [0.4, 0.5) is 17.1 Å². The second kappa shape index (κ2) is 14.4. The van der Waals surface area contributed by atoms with Crippen LogP contribution in [0.5, 0.6) is 0 Å². The number of hydrogen-bond acceptors (Lipinski definition) is 1. The molecule has 1 spiro atoms. The average molecular weight is 812 g/mol. The summed E-state index contributed by atoms with van der Waals surface area (Å²) in [5, 5.41) is 4.90. The van der Waals surface area contributed by atoms with Gasteiger partial charge in [0.1, 0.15) is 0 Å². The molecule has 0 N–H and O–H groups in total. The van der Waals surface area contributed by atoms with E-state index in [9.17, 15) is 0 Å². The normalized spacial score (nSPS) is 12.8. The molecule has 0 atom stereocenters. The largest absolute Gasteiger partial charge is 0.310 e. The van der Waals surface area contributed by atoms with Gasteiger partial charge in [0.25, 0.3) is 0 Å². The van der Waals surface area contributed by atoms with Gasteiger partial charge in [-0.3, -0.25) is 0 Å². The van der Waals surface area contributed by atoms with Gasteiger partial charge in [-0.2, -0.15) is 0 Å². The second-order valence-corrected chi connectivity index (χ2v) is 17.2. The van der Waals surface area contributed by atoms with Crippen molar-refractivity contribution < 1.29 is 0 Å². The Hall–Kier alpha value is -8.26. The molecule has 1 heteroatoms. The lowest BCUT2D eigenvalue weighted by molar-refractivity contribution is 0.794. The summed E-state index contributed by atoms with van der Waals surface area (Å²) in [5.74, 6) is 0. The standard InChI is InChI=1S/C63H41N/c1-2-16-42(17-3-1)44-34-36-48(37-35-44)64(49-38-39-60-56(41-49)54-25-10-13-30-59(54)63(60)57-28-11-8-23-52(57)53-24-9-12-29-58(53)63)61-31-15-26-51(47-33-32-43-18-4-5-20-46(43)40-47)62(61)55-27-14-21-45-19-6-7-22-50(45)55/h1-41H. The zero-order chi connectivity index (χ0) is 42.2. The maximum atomic E-state index is 2.50. The number of anilines is 3. The highest BCUT2D eigenvalue weighted by Crippen LogP contribution is 2.63. The molecule has 298 valence electrons. The Kier molecular flexibility index (Phi) is 8.20. The minimum absolute atomic E-state index is 0.413. The molecule has 11 aromatic carbocycles. The highest BCUT2D eigenvalue weighted by Gasteiger charge is 2.51. The Morgan fingerprint density at radius 2 is 0.766 bits per heavy atom. The third-order valence-electron chi connectivity index (χ3n) is 13.9. The van der Waals surface area contributed by atoms with E-state index in [2.05, 4.69) is 254 Å². The van der Waals surface area contributed by atoms with Gasteiger partial charge in [0.05, 0.1) is 11.1 Å². The maximum absolute atomic E-state index is 2.50. The van der Waals surface area contributed by atoms with Gasteiger partial charge in [-0.15, -0.1) is 0 Å². The SMILES string of the molecule is c1ccc(-c2ccc(N(c3ccc4c(c3)-c3ccccc3C43c4ccccc4-c4ccccc43)c3cccc(-c4ccc5ccccc5c4)c3-c3cccc4ccccc34)cc2)cc1. The van der Waals surface area contributed by atoms with E-state index in [-0.39, 0.29) is 0 Å². The highest BCUT2D eigenvalue weighted by molar-refractivity contribution is 6.07. The first kappa shape index (κ1) is 36.4. The van der Waals surface area contributed by atoms with Gasteiger partial charge in [0.2, 0.25) is 0 Å².